The van der Waals surface area contributed by atoms with Crippen molar-refractivity contribution >= 4 is 40.3 Å². The number of nitrogens with one attached hydrogen (secondary N) is 2. The van der Waals surface area contributed by atoms with E-state index in [0.29, 0.717) is 43.1 Å². The molecule has 280 valence electrons. The molecule has 5 amide bonds. The Kier molecular flexibility index (Phi) is 9.55. The fraction of sp³-hybridized carbons (Fsp3) is 0.227. The number of fused-ring (bicyclic) bond motifs is 2. The smallest absolute Gasteiger partial charge is 0.325 e. The Balaban J connectivity index is 0.956. The maximum atomic E-state index is 13.1. The van der Waals surface area contributed by atoms with Gasteiger partial charge in [0.2, 0.25) is 11.8 Å². The van der Waals surface area contributed by atoms with Gasteiger partial charge in [0.15, 0.2) is 0 Å². The molecule has 2 aromatic carbocycles. The standard InChI is InChI=1S/C44H40N8O4/c1-25(2)37-20-33(35-24-51(3)44(56)52(4)41(35)49-37)31-7-5-6-29-19-38(47-23-34(29)31)30-12-14-36(46-22-30)43(55)48-21-26-8-10-27(11-9-26)28-16-17-45-39(18-28)32-13-15-40(53)50-42(32)54/h5-12,14,16-20,22-23,25,32H,13,15,21,24H2,1-4H3,(H,48,55)(H,50,53,54). The summed E-state index contributed by atoms with van der Waals surface area (Å²) in [6.07, 6.45) is 5.95. The highest BCUT2D eigenvalue weighted by Crippen LogP contribution is 2.39. The van der Waals surface area contributed by atoms with Crippen LogP contribution < -0.4 is 15.5 Å². The zero-order chi connectivity index (χ0) is 39.1. The minimum Gasteiger partial charge on any atom is -0.347 e. The highest BCUT2D eigenvalue weighted by molar-refractivity contribution is 6.02. The normalized spacial score (nSPS) is 15.6. The summed E-state index contributed by atoms with van der Waals surface area (Å²) >= 11 is 0. The Morgan fingerprint density at radius 3 is 2.43 bits per heavy atom. The zero-order valence-electron chi connectivity index (χ0n) is 31.5. The van der Waals surface area contributed by atoms with Crippen molar-refractivity contribution in [3.63, 3.8) is 0 Å². The first-order valence-corrected chi connectivity index (χ1v) is 18.6. The number of aromatic nitrogens is 4. The Morgan fingerprint density at radius 1 is 0.875 bits per heavy atom. The number of amides is 5. The van der Waals surface area contributed by atoms with E-state index < -0.39 is 5.92 Å². The number of pyridine rings is 4. The number of imide groups is 1. The number of carbonyl (C=O) groups is 4. The van der Waals surface area contributed by atoms with Crippen molar-refractivity contribution in [3.8, 4) is 33.5 Å². The molecular weight excluding hydrogens is 705 g/mol. The van der Waals surface area contributed by atoms with Crippen molar-refractivity contribution in [2.45, 2.75) is 51.6 Å². The number of rotatable bonds is 8. The van der Waals surface area contributed by atoms with Crippen molar-refractivity contribution in [2.24, 2.45) is 0 Å². The molecule has 4 aromatic heterocycles. The van der Waals surface area contributed by atoms with Crippen LogP contribution >= 0.6 is 0 Å². The molecule has 1 atom stereocenters. The lowest BCUT2D eigenvalue weighted by Crippen LogP contribution is -2.43. The molecule has 2 N–H and O–H groups in total. The summed E-state index contributed by atoms with van der Waals surface area (Å²) in [6, 6.07) is 25.4. The molecule has 6 aromatic rings. The summed E-state index contributed by atoms with van der Waals surface area (Å²) in [4.78, 5) is 71.7. The van der Waals surface area contributed by atoms with Crippen LogP contribution in [0.15, 0.2) is 97.5 Å². The average molecular weight is 745 g/mol. The quantitative estimate of drug-likeness (QED) is 0.158. The lowest BCUT2D eigenvalue weighted by Gasteiger charge is -2.34. The van der Waals surface area contributed by atoms with E-state index in [-0.39, 0.29) is 29.7 Å². The Hall–Kier alpha value is -6.82. The van der Waals surface area contributed by atoms with E-state index in [0.717, 1.165) is 61.1 Å². The monoisotopic (exact) mass is 744 g/mol. The molecule has 1 saturated heterocycles. The average Bonchev–Trinajstić information content (AvgIpc) is 3.21. The van der Waals surface area contributed by atoms with Gasteiger partial charge in [0.1, 0.15) is 11.5 Å². The topological polar surface area (TPSA) is 150 Å². The maximum absolute atomic E-state index is 13.1. The second-order valence-corrected chi connectivity index (χ2v) is 14.6. The summed E-state index contributed by atoms with van der Waals surface area (Å²) in [5.74, 6) is -0.452. The van der Waals surface area contributed by atoms with Gasteiger partial charge in [-0.3, -0.25) is 39.6 Å². The van der Waals surface area contributed by atoms with Crippen LogP contribution in [0.25, 0.3) is 44.3 Å². The van der Waals surface area contributed by atoms with E-state index in [2.05, 4.69) is 52.6 Å². The molecule has 56 heavy (non-hydrogen) atoms. The number of hydrogen-bond donors (Lipinski definition) is 2. The fourth-order valence-corrected chi connectivity index (χ4v) is 7.32. The molecule has 0 saturated carbocycles. The predicted molar refractivity (Wildman–Crippen MR) is 214 cm³/mol. The molecule has 2 aliphatic rings. The van der Waals surface area contributed by atoms with Crippen molar-refractivity contribution in [3.05, 3.63) is 126 Å². The third-order valence-corrected chi connectivity index (χ3v) is 10.5. The van der Waals surface area contributed by atoms with Gasteiger partial charge in [0, 0.05) is 67.9 Å². The number of piperidine rings is 1. The molecule has 0 spiro atoms. The number of hydrogen-bond acceptors (Lipinski definition) is 8. The third-order valence-electron chi connectivity index (χ3n) is 10.5. The Bertz CT molecular complexity index is 2530. The lowest BCUT2D eigenvalue weighted by atomic mass is 9.92. The van der Waals surface area contributed by atoms with Crippen LogP contribution in [-0.2, 0) is 22.7 Å². The maximum Gasteiger partial charge on any atom is 0.325 e. The van der Waals surface area contributed by atoms with Crippen LogP contribution in [0.4, 0.5) is 10.6 Å². The van der Waals surface area contributed by atoms with Gasteiger partial charge >= 0.3 is 6.03 Å². The van der Waals surface area contributed by atoms with E-state index in [9.17, 15) is 19.2 Å². The summed E-state index contributed by atoms with van der Waals surface area (Å²) in [5, 5.41) is 7.33. The van der Waals surface area contributed by atoms with Crippen molar-refractivity contribution < 1.29 is 19.2 Å². The van der Waals surface area contributed by atoms with Gasteiger partial charge in [-0.2, -0.15) is 0 Å². The first-order valence-electron chi connectivity index (χ1n) is 18.6. The second-order valence-electron chi connectivity index (χ2n) is 14.6. The number of anilines is 1. The Morgan fingerprint density at radius 2 is 1.68 bits per heavy atom. The van der Waals surface area contributed by atoms with E-state index in [1.807, 2.05) is 60.8 Å². The van der Waals surface area contributed by atoms with Gasteiger partial charge in [0.25, 0.3) is 5.91 Å². The molecule has 8 rings (SSSR count). The van der Waals surface area contributed by atoms with Crippen LogP contribution in [-0.4, -0.2) is 62.7 Å². The van der Waals surface area contributed by atoms with E-state index in [1.165, 1.54) is 0 Å². The molecule has 1 unspecified atom stereocenters. The van der Waals surface area contributed by atoms with E-state index in [4.69, 9.17) is 9.97 Å². The number of benzene rings is 2. The van der Waals surface area contributed by atoms with E-state index in [1.54, 1.807) is 42.4 Å². The van der Waals surface area contributed by atoms with Crippen LogP contribution in [0.3, 0.4) is 0 Å². The molecule has 2 aliphatic heterocycles. The zero-order valence-corrected chi connectivity index (χ0v) is 31.5. The molecular formula is C44H40N8O4. The number of nitrogens with zero attached hydrogens (tertiary/aromatic N) is 6. The minimum absolute atomic E-state index is 0.0870. The van der Waals surface area contributed by atoms with E-state index >= 15 is 0 Å². The molecule has 0 aliphatic carbocycles. The SMILES string of the molecule is CC(C)c1cc(-c2cccc3cc(-c4ccc(C(=O)NCc5ccc(-c6ccnc(C7CCC(=O)NC7=O)c6)cc5)nc4)ncc23)c2c(n1)N(C)C(=O)N(C)C2. The van der Waals surface area contributed by atoms with Gasteiger partial charge < -0.3 is 10.2 Å². The number of carbonyl (C=O) groups excluding carboxylic acids is 4. The van der Waals surface area contributed by atoms with Gasteiger partial charge in [0.05, 0.1) is 23.9 Å². The Labute approximate surface area is 324 Å². The minimum atomic E-state index is -0.454. The van der Waals surface area contributed by atoms with Gasteiger partial charge in [-0.1, -0.05) is 56.3 Å². The van der Waals surface area contributed by atoms with Crippen LogP contribution in [0.5, 0.6) is 0 Å². The van der Waals surface area contributed by atoms with Crippen LogP contribution in [0, 0.1) is 0 Å². The van der Waals surface area contributed by atoms with Crippen LogP contribution in [0.1, 0.15) is 71.5 Å². The van der Waals surface area contributed by atoms with Crippen molar-refractivity contribution in [1.82, 2.24) is 35.5 Å². The summed E-state index contributed by atoms with van der Waals surface area (Å²) in [7, 11) is 3.57. The van der Waals surface area contributed by atoms with Crippen LogP contribution in [0.2, 0.25) is 0 Å². The first kappa shape index (κ1) is 36.2. The predicted octanol–water partition coefficient (Wildman–Crippen LogP) is 7.00. The largest absolute Gasteiger partial charge is 0.347 e. The highest BCUT2D eigenvalue weighted by atomic mass is 16.2. The molecule has 1 fully saturated rings. The van der Waals surface area contributed by atoms with Crippen molar-refractivity contribution in [2.75, 3.05) is 19.0 Å². The second kappa shape index (κ2) is 14.8. The van der Waals surface area contributed by atoms with Gasteiger partial charge in [-0.25, -0.2) is 9.78 Å². The van der Waals surface area contributed by atoms with Gasteiger partial charge in [-0.05, 0) is 81.9 Å². The third kappa shape index (κ3) is 6.97. The van der Waals surface area contributed by atoms with Gasteiger partial charge in [-0.15, -0.1) is 0 Å². The number of urea groups is 1. The highest BCUT2D eigenvalue weighted by Gasteiger charge is 2.31. The molecule has 12 nitrogen and oxygen atoms in total. The first-order chi connectivity index (χ1) is 27.0. The molecule has 6 heterocycles. The molecule has 12 heteroatoms. The summed E-state index contributed by atoms with van der Waals surface area (Å²) < 4.78 is 0. The summed E-state index contributed by atoms with van der Waals surface area (Å²) in [6.45, 7) is 4.98. The lowest BCUT2D eigenvalue weighted by molar-refractivity contribution is -0.134. The molecule has 0 radical (unpaired) electrons. The molecule has 0 bridgehead atoms. The van der Waals surface area contributed by atoms with Crippen molar-refractivity contribution in [1.29, 1.82) is 0 Å². The summed E-state index contributed by atoms with van der Waals surface area (Å²) in [5.41, 5.74) is 9.19. The fourth-order valence-electron chi connectivity index (χ4n) is 7.32.